The van der Waals surface area contributed by atoms with Crippen LogP contribution < -0.4 is 5.32 Å². The van der Waals surface area contributed by atoms with E-state index in [0.29, 0.717) is 6.61 Å². The summed E-state index contributed by atoms with van der Waals surface area (Å²) in [4.78, 5) is 0. The number of anilines is 1. The quantitative estimate of drug-likeness (QED) is 0.889. The highest BCUT2D eigenvalue weighted by molar-refractivity contribution is 5.35. The van der Waals surface area contributed by atoms with E-state index >= 15 is 0 Å². The summed E-state index contributed by atoms with van der Waals surface area (Å²) in [6.07, 6.45) is 2.94. The van der Waals surface area contributed by atoms with Crippen molar-refractivity contribution >= 4 is 5.82 Å². The van der Waals surface area contributed by atoms with Crippen LogP contribution >= 0.6 is 0 Å². The number of ether oxygens (including phenoxy) is 2. The number of hydrogen-bond donors (Lipinski definition) is 1. The minimum atomic E-state index is -0.181. The molecule has 1 atom stereocenters. The Hall–Kier alpha value is -1.07. The number of nitrogens with one attached hydrogen (secondary N) is 1. The lowest BCUT2D eigenvalue weighted by molar-refractivity contribution is -0.0662. The average Bonchev–Trinajstić information content (AvgIpc) is 2.78. The molecule has 5 nitrogen and oxygen atoms in total. The molecule has 2 heterocycles. The minimum absolute atomic E-state index is 0.0835. The van der Waals surface area contributed by atoms with Crippen molar-refractivity contribution in [2.75, 3.05) is 19.0 Å². The standard InChI is InChI=1S/C14H25N3O2/c1-13(2)10-11(14(3,4)19-13)15-12-6-7-17(16-12)8-9-18-5/h6-7,11H,8-10H2,1-5H3,(H,15,16). The van der Waals surface area contributed by atoms with Crippen molar-refractivity contribution in [2.45, 2.75) is 57.9 Å². The van der Waals surface area contributed by atoms with Crippen molar-refractivity contribution in [2.24, 2.45) is 0 Å². The molecule has 0 aliphatic carbocycles. The third-order valence-corrected chi connectivity index (χ3v) is 3.56. The van der Waals surface area contributed by atoms with E-state index in [9.17, 15) is 0 Å². The summed E-state index contributed by atoms with van der Waals surface area (Å²) in [5, 5.41) is 7.98. The van der Waals surface area contributed by atoms with Gasteiger partial charge in [-0.3, -0.25) is 4.68 Å². The Balaban J connectivity index is 1.99. The normalized spacial score (nSPS) is 24.6. The average molecular weight is 267 g/mol. The Morgan fingerprint density at radius 2 is 2.21 bits per heavy atom. The Labute approximate surface area is 115 Å². The summed E-state index contributed by atoms with van der Waals surface area (Å²) in [6, 6.07) is 2.27. The zero-order valence-corrected chi connectivity index (χ0v) is 12.6. The highest BCUT2D eigenvalue weighted by Crippen LogP contribution is 2.38. The van der Waals surface area contributed by atoms with Crippen molar-refractivity contribution in [3.8, 4) is 0 Å². The molecule has 5 heteroatoms. The molecule has 1 aliphatic rings. The highest BCUT2D eigenvalue weighted by Gasteiger charge is 2.46. The third kappa shape index (κ3) is 3.48. The van der Waals surface area contributed by atoms with Crippen molar-refractivity contribution in [1.82, 2.24) is 9.78 Å². The van der Waals surface area contributed by atoms with Gasteiger partial charge in [-0.15, -0.1) is 0 Å². The highest BCUT2D eigenvalue weighted by atomic mass is 16.5. The van der Waals surface area contributed by atoms with Crippen LogP contribution in [0.3, 0.4) is 0 Å². The van der Waals surface area contributed by atoms with Crippen LogP contribution in [0.1, 0.15) is 34.1 Å². The molecular formula is C14H25N3O2. The van der Waals surface area contributed by atoms with E-state index in [-0.39, 0.29) is 17.2 Å². The fourth-order valence-corrected chi connectivity index (χ4v) is 2.71. The van der Waals surface area contributed by atoms with Gasteiger partial charge in [0.25, 0.3) is 0 Å². The van der Waals surface area contributed by atoms with Gasteiger partial charge in [0, 0.05) is 19.4 Å². The van der Waals surface area contributed by atoms with Crippen LogP contribution in [0.5, 0.6) is 0 Å². The zero-order chi connectivity index (χ0) is 14.1. The van der Waals surface area contributed by atoms with Gasteiger partial charge in [0.1, 0.15) is 5.82 Å². The van der Waals surface area contributed by atoms with Gasteiger partial charge in [-0.05, 0) is 34.1 Å². The molecule has 1 fully saturated rings. The van der Waals surface area contributed by atoms with E-state index in [1.165, 1.54) is 0 Å². The molecule has 19 heavy (non-hydrogen) atoms. The maximum Gasteiger partial charge on any atom is 0.148 e. The van der Waals surface area contributed by atoms with Crippen LogP contribution in [-0.4, -0.2) is 40.7 Å². The second-order valence-electron chi connectivity index (χ2n) is 6.32. The molecule has 2 rings (SSSR count). The lowest BCUT2D eigenvalue weighted by Gasteiger charge is -2.27. The minimum Gasteiger partial charge on any atom is -0.383 e. The molecule has 1 unspecified atom stereocenters. The summed E-state index contributed by atoms with van der Waals surface area (Å²) in [5.41, 5.74) is -0.264. The molecule has 1 aromatic rings. The van der Waals surface area contributed by atoms with Crippen LogP contribution in [0, 0.1) is 0 Å². The summed E-state index contributed by atoms with van der Waals surface area (Å²) in [5.74, 6) is 0.899. The van der Waals surface area contributed by atoms with Gasteiger partial charge in [-0.25, -0.2) is 0 Å². The molecule has 108 valence electrons. The van der Waals surface area contributed by atoms with Gasteiger partial charge < -0.3 is 14.8 Å². The largest absolute Gasteiger partial charge is 0.383 e. The molecule has 0 spiro atoms. The summed E-state index contributed by atoms with van der Waals surface area (Å²) >= 11 is 0. The van der Waals surface area contributed by atoms with Crippen LogP contribution in [0.15, 0.2) is 12.3 Å². The maximum absolute atomic E-state index is 6.08. The zero-order valence-electron chi connectivity index (χ0n) is 12.6. The topological polar surface area (TPSA) is 48.3 Å². The molecule has 0 aromatic carbocycles. The number of hydrogen-bond acceptors (Lipinski definition) is 4. The van der Waals surface area contributed by atoms with Gasteiger partial charge in [-0.1, -0.05) is 0 Å². The van der Waals surface area contributed by atoms with Crippen molar-refractivity contribution < 1.29 is 9.47 Å². The summed E-state index contributed by atoms with van der Waals surface area (Å²) < 4.78 is 13.0. The van der Waals surface area contributed by atoms with E-state index in [4.69, 9.17) is 9.47 Å². The Morgan fingerprint density at radius 3 is 2.79 bits per heavy atom. The number of rotatable bonds is 5. The predicted octanol–water partition coefficient (Wildman–Crippen LogP) is 2.29. The SMILES string of the molecule is COCCn1ccc(NC2CC(C)(C)OC2(C)C)n1. The van der Waals surface area contributed by atoms with Crippen molar-refractivity contribution in [1.29, 1.82) is 0 Å². The van der Waals surface area contributed by atoms with Crippen LogP contribution in [0.4, 0.5) is 5.82 Å². The summed E-state index contributed by atoms with van der Waals surface area (Å²) in [6.45, 7) is 9.96. The number of aromatic nitrogens is 2. The number of methoxy groups -OCH3 is 1. The van der Waals surface area contributed by atoms with E-state index < -0.39 is 0 Å². The molecule has 1 aliphatic heterocycles. The second kappa shape index (κ2) is 5.13. The van der Waals surface area contributed by atoms with Gasteiger partial charge >= 0.3 is 0 Å². The molecule has 0 saturated carbocycles. The molecule has 0 amide bonds. The van der Waals surface area contributed by atoms with Crippen LogP contribution in [0.25, 0.3) is 0 Å². The summed E-state index contributed by atoms with van der Waals surface area (Å²) in [7, 11) is 1.70. The molecule has 1 aromatic heterocycles. The lowest BCUT2D eigenvalue weighted by Crippen LogP contribution is -2.38. The van der Waals surface area contributed by atoms with E-state index in [0.717, 1.165) is 18.8 Å². The number of nitrogens with zero attached hydrogens (tertiary/aromatic N) is 2. The fourth-order valence-electron chi connectivity index (χ4n) is 2.71. The molecular weight excluding hydrogens is 242 g/mol. The smallest absolute Gasteiger partial charge is 0.148 e. The predicted molar refractivity (Wildman–Crippen MR) is 75.4 cm³/mol. The fraction of sp³-hybridized carbons (Fsp3) is 0.786. The maximum atomic E-state index is 6.08. The van der Waals surface area contributed by atoms with Gasteiger partial charge in [0.15, 0.2) is 0 Å². The van der Waals surface area contributed by atoms with Crippen LogP contribution in [-0.2, 0) is 16.0 Å². The first-order valence-electron chi connectivity index (χ1n) is 6.81. The second-order valence-corrected chi connectivity index (χ2v) is 6.32. The van der Waals surface area contributed by atoms with Crippen LogP contribution in [0.2, 0.25) is 0 Å². The molecule has 0 radical (unpaired) electrons. The van der Waals surface area contributed by atoms with E-state index in [2.05, 4.69) is 38.1 Å². The lowest BCUT2D eigenvalue weighted by atomic mass is 9.94. The van der Waals surface area contributed by atoms with Gasteiger partial charge in [0.2, 0.25) is 0 Å². The van der Waals surface area contributed by atoms with Crippen molar-refractivity contribution in [3.63, 3.8) is 0 Å². The molecule has 0 bridgehead atoms. The Morgan fingerprint density at radius 1 is 1.47 bits per heavy atom. The first-order valence-corrected chi connectivity index (χ1v) is 6.81. The Kier molecular flexibility index (Phi) is 3.87. The first-order chi connectivity index (χ1) is 8.82. The molecule has 1 saturated heterocycles. The van der Waals surface area contributed by atoms with Gasteiger partial charge in [0.05, 0.1) is 30.4 Å². The monoisotopic (exact) mass is 267 g/mol. The third-order valence-electron chi connectivity index (χ3n) is 3.56. The van der Waals surface area contributed by atoms with Crippen molar-refractivity contribution in [3.05, 3.63) is 12.3 Å². The molecule has 1 N–H and O–H groups in total. The Bertz CT molecular complexity index is 426. The van der Waals surface area contributed by atoms with Gasteiger partial charge in [-0.2, -0.15) is 5.10 Å². The van der Waals surface area contributed by atoms with E-state index in [1.54, 1.807) is 7.11 Å². The first kappa shape index (κ1) is 14.3. The van der Waals surface area contributed by atoms with E-state index in [1.807, 2.05) is 16.9 Å².